The topological polar surface area (TPSA) is 29.9 Å². The fraction of sp³-hybridized carbons (Fsp3) is 0.308. The Bertz CT molecular complexity index is 530. The van der Waals surface area contributed by atoms with Crippen molar-refractivity contribution < 1.29 is 4.74 Å². The molecule has 0 radical (unpaired) electrons. The number of nitrogens with one attached hydrogen (secondary N) is 1. The van der Waals surface area contributed by atoms with E-state index in [1.165, 1.54) is 0 Å². The molecular weight excluding hydrogens is 232 g/mol. The molecule has 0 aliphatic rings. The molecule has 4 heteroatoms. The second kappa shape index (κ2) is 5.29. The van der Waals surface area contributed by atoms with E-state index in [0.717, 1.165) is 16.0 Å². The van der Waals surface area contributed by atoms with E-state index in [0.29, 0.717) is 6.61 Å². The third kappa shape index (κ3) is 2.48. The lowest BCUT2D eigenvalue weighted by Crippen LogP contribution is -2.12. The Morgan fingerprint density at radius 2 is 2.06 bits per heavy atom. The summed E-state index contributed by atoms with van der Waals surface area (Å²) >= 11 is 5.32. The maximum Gasteiger partial charge on any atom is 0.177 e. The molecule has 2 aromatic rings. The first-order chi connectivity index (χ1) is 8.24. The first kappa shape index (κ1) is 12.1. The van der Waals surface area contributed by atoms with E-state index < -0.39 is 0 Å². The van der Waals surface area contributed by atoms with Gasteiger partial charge in [-0.3, -0.25) is 0 Å². The van der Waals surface area contributed by atoms with Gasteiger partial charge in [-0.25, -0.2) is 0 Å². The van der Waals surface area contributed by atoms with Crippen molar-refractivity contribution in [3.8, 4) is 11.3 Å². The van der Waals surface area contributed by atoms with Gasteiger partial charge in [-0.2, -0.15) is 0 Å². The molecule has 0 saturated carbocycles. The fourth-order valence-electron chi connectivity index (χ4n) is 1.96. The van der Waals surface area contributed by atoms with Crippen molar-refractivity contribution in [3.05, 3.63) is 41.3 Å². The summed E-state index contributed by atoms with van der Waals surface area (Å²) in [6, 6.07) is 10.4. The Balaban J connectivity index is 2.46. The van der Waals surface area contributed by atoms with Gasteiger partial charge in [0.15, 0.2) is 4.77 Å². The first-order valence-corrected chi connectivity index (χ1v) is 5.99. The van der Waals surface area contributed by atoms with Crippen LogP contribution in [0.2, 0.25) is 0 Å². The largest absolute Gasteiger partial charge is 0.383 e. The molecule has 1 aromatic carbocycles. The van der Waals surface area contributed by atoms with Gasteiger partial charge < -0.3 is 14.3 Å². The molecule has 1 aromatic heterocycles. The number of imidazole rings is 1. The van der Waals surface area contributed by atoms with Crippen LogP contribution in [0.3, 0.4) is 0 Å². The van der Waals surface area contributed by atoms with Gasteiger partial charge in [0.1, 0.15) is 0 Å². The molecule has 0 fully saturated rings. The lowest BCUT2D eigenvalue weighted by Gasteiger charge is -2.15. The number of hydrogen-bond acceptors (Lipinski definition) is 2. The normalized spacial score (nSPS) is 12.6. The summed E-state index contributed by atoms with van der Waals surface area (Å²) in [7, 11) is 1.70. The number of aromatic nitrogens is 2. The van der Waals surface area contributed by atoms with Gasteiger partial charge in [0.05, 0.1) is 18.3 Å². The predicted octanol–water partition coefficient (Wildman–Crippen LogP) is 3.42. The minimum atomic E-state index is 0.217. The molecule has 3 nitrogen and oxygen atoms in total. The van der Waals surface area contributed by atoms with Crippen LogP contribution < -0.4 is 0 Å². The number of ether oxygens (including phenoxy) is 1. The van der Waals surface area contributed by atoms with E-state index in [4.69, 9.17) is 17.0 Å². The lowest BCUT2D eigenvalue weighted by molar-refractivity contribution is 0.162. The number of nitrogens with zero attached hydrogens (tertiary/aromatic N) is 1. The summed E-state index contributed by atoms with van der Waals surface area (Å²) in [5, 5.41) is 0. The van der Waals surface area contributed by atoms with Crippen molar-refractivity contribution in [1.82, 2.24) is 9.55 Å². The Hall–Kier alpha value is -1.39. The smallest absolute Gasteiger partial charge is 0.177 e. The van der Waals surface area contributed by atoms with Crippen LogP contribution in [0.25, 0.3) is 11.3 Å². The molecule has 0 saturated heterocycles. The molecule has 1 unspecified atom stereocenters. The van der Waals surface area contributed by atoms with Crippen molar-refractivity contribution in [3.63, 3.8) is 0 Å². The number of methoxy groups -OCH3 is 1. The Kier molecular flexibility index (Phi) is 3.76. The third-order valence-electron chi connectivity index (χ3n) is 2.73. The molecule has 1 heterocycles. The van der Waals surface area contributed by atoms with Crippen LogP contribution in [-0.4, -0.2) is 23.3 Å². The zero-order valence-corrected chi connectivity index (χ0v) is 10.8. The third-order valence-corrected chi connectivity index (χ3v) is 3.04. The van der Waals surface area contributed by atoms with Crippen LogP contribution >= 0.6 is 12.2 Å². The van der Waals surface area contributed by atoms with E-state index in [2.05, 4.69) is 28.6 Å². The van der Waals surface area contributed by atoms with Crippen LogP contribution in [0.5, 0.6) is 0 Å². The SMILES string of the molecule is COCC(C)n1c(-c2ccccc2)c[nH]c1=S. The quantitative estimate of drug-likeness (QED) is 0.840. The zero-order chi connectivity index (χ0) is 12.3. The number of aromatic amines is 1. The van der Waals surface area contributed by atoms with Crippen LogP contribution in [0.1, 0.15) is 13.0 Å². The second-order valence-corrected chi connectivity index (χ2v) is 4.41. The Morgan fingerprint density at radius 3 is 2.71 bits per heavy atom. The molecule has 1 N–H and O–H groups in total. The monoisotopic (exact) mass is 248 g/mol. The highest BCUT2D eigenvalue weighted by Gasteiger charge is 2.12. The van der Waals surface area contributed by atoms with E-state index in [-0.39, 0.29) is 6.04 Å². The lowest BCUT2D eigenvalue weighted by atomic mass is 10.1. The molecule has 0 spiro atoms. The van der Waals surface area contributed by atoms with Crippen molar-refractivity contribution in [1.29, 1.82) is 0 Å². The highest BCUT2D eigenvalue weighted by molar-refractivity contribution is 7.71. The minimum absolute atomic E-state index is 0.217. The zero-order valence-electron chi connectivity index (χ0n) is 10.0. The molecule has 1 atom stereocenters. The van der Waals surface area contributed by atoms with Crippen LogP contribution in [0.15, 0.2) is 36.5 Å². The van der Waals surface area contributed by atoms with Crippen molar-refractivity contribution >= 4 is 12.2 Å². The van der Waals surface area contributed by atoms with Crippen molar-refractivity contribution in [2.75, 3.05) is 13.7 Å². The average molecular weight is 248 g/mol. The predicted molar refractivity (Wildman–Crippen MR) is 71.6 cm³/mol. The number of benzene rings is 1. The van der Waals surface area contributed by atoms with Crippen molar-refractivity contribution in [2.24, 2.45) is 0 Å². The van der Waals surface area contributed by atoms with E-state index in [1.54, 1.807) is 7.11 Å². The summed E-state index contributed by atoms with van der Waals surface area (Å²) in [5.41, 5.74) is 2.25. The molecule has 0 aliphatic heterocycles. The van der Waals surface area contributed by atoms with Gasteiger partial charge in [-0.15, -0.1) is 0 Å². The van der Waals surface area contributed by atoms with Crippen LogP contribution in [-0.2, 0) is 4.74 Å². The molecule has 17 heavy (non-hydrogen) atoms. The van der Waals surface area contributed by atoms with Gasteiger partial charge >= 0.3 is 0 Å². The van der Waals surface area contributed by atoms with Gasteiger partial charge in [0.25, 0.3) is 0 Å². The maximum atomic E-state index is 5.32. The summed E-state index contributed by atoms with van der Waals surface area (Å²) < 4.78 is 8.01. The molecule has 90 valence electrons. The van der Waals surface area contributed by atoms with Crippen LogP contribution in [0.4, 0.5) is 0 Å². The van der Waals surface area contributed by atoms with E-state index in [9.17, 15) is 0 Å². The van der Waals surface area contributed by atoms with Crippen molar-refractivity contribution in [2.45, 2.75) is 13.0 Å². The Labute approximate surface area is 106 Å². The molecule has 0 bridgehead atoms. The van der Waals surface area contributed by atoms with Gasteiger partial charge in [0, 0.05) is 13.3 Å². The number of H-pyrrole nitrogens is 1. The molecule has 0 amide bonds. The molecule has 0 aliphatic carbocycles. The van der Waals surface area contributed by atoms with Gasteiger partial charge in [-0.05, 0) is 24.7 Å². The molecule has 2 rings (SSSR count). The number of rotatable bonds is 4. The second-order valence-electron chi connectivity index (χ2n) is 4.02. The standard InChI is InChI=1S/C13H16N2OS/c1-10(9-16-2)15-12(8-14-13(15)17)11-6-4-3-5-7-11/h3-8,10H,9H2,1-2H3,(H,14,17). The fourth-order valence-corrected chi connectivity index (χ4v) is 2.30. The molecular formula is C13H16N2OS. The maximum absolute atomic E-state index is 5.32. The summed E-state index contributed by atoms with van der Waals surface area (Å²) in [4.78, 5) is 3.10. The average Bonchev–Trinajstić information content (AvgIpc) is 2.73. The summed E-state index contributed by atoms with van der Waals surface area (Å²) in [5.74, 6) is 0. The van der Waals surface area contributed by atoms with Crippen LogP contribution in [0, 0.1) is 4.77 Å². The first-order valence-electron chi connectivity index (χ1n) is 5.58. The highest BCUT2D eigenvalue weighted by atomic mass is 32.1. The summed E-state index contributed by atoms with van der Waals surface area (Å²) in [6.07, 6.45) is 1.95. The summed E-state index contributed by atoms with van der Waals surface area (Å²) in [6.45, 7) is 2.74. The van der Waals surface area contributed by atoms with E-state index >= 15 is 0 Å². The Morgan fingerprint density at radius 1 is 1.35 bits per heavy atom. The van der Waals surface area contributed by atoms with Gasteiger partial charge in [-0.1, -0.05) is 30.3 Å². The van der Waals surface area contributed by atoms with Gasteiger partial charge in [0.2, 0.25) is 0 Å². The number of hydrogen-bond donors (Lipinski definition) is 1. The minimum Gasteiger partial charge on any atom is -0.383 e. The van der Waals surface area contributed by atoms with E-state index in [1.807, 2.05) is 24.4 Å². The highest BCUT2D eigenvalue weighted by Crippen LogP contribution is 2.23.